The van der Waals surface area contributed by atoms with Gasteiger partial charge in [-0.25, -0.2) is 4.79 Å². The third-order valence-corrected chi connectivity index (χ3v) is 2.94. The predicted molar refractivity (Wildman–Crippen MR) is 70.4 cm³/mol. The first kappa shape index (κ1) is 13.4. The summed E-state index contributed by atoms with van der Waals surface area (Å²) in [6.45, 7) is 2.75. The molecule has 1 heterocycles. The Hall–Kier alpha value is -2.04. The van der Waals surface area contributed by atoms with Gasteiger partial charge in [0, 0.05) is 12.0 Å². The number of hydrogen-bond acceptors (Lipinski definition) is 4. The molecule has 102 valence electrons. The van der Waals surface area contributed by atoms with Crippen LogP contribution in [-0.2, 0) is 9.63 Å². The Kier molecular flexibility index (Phi) is 4.39. The summed E-state index contributed by atoms with van der Waals surface area (Å²) in [4.78, 5) is 16.0. The van der Waals surface area contributed by atoms with Gasteiger partial charge in [-0.2, -0.15) is 0 Å². The highest BCUT2D eigenvalue weighted by molar-refractivity contribution is 6.35. The maximum atomic E-state index is 10.8. The number of para-hydroxylation sites is 1. The van der Waals surface area contributed by atoms with Crippen LogP contribution in [0.1, 0.15) is 37.9 Å². The maximum Gasteiger partial charge on any atom is 0.353 e. The van der Waals surface area contributed by atoms with Crippen LogP contribution in [0.4, 0.5) is 0 Å². The Morgan fingerprint density at radius 3 is 3.00 bits per heavy atom. The average Bonchev–Trinajstić information content (AvgIpc) is 2.89. The van der Waals surface area contributed by atoms with E-state index in [0.29, 0.717) is 6.61 Å². The van der Waals surface area contributed by atoms with E-state index >= 15 is 0 Å². The Balaban J connectivity index is 2.06. The first-order valence-electron chi connectivity index (χ1n) is 6.40. The Labute approximate surface area is 111 Å². The van der Waals surface area contributed by atoms with Crippen molar-refractivity contribution in [2.75, 3.05) is 6.61 Å². The molecule has 0 spiro atoms. The van der Waals surface area contributed by atoms with Gasteiger partial charge in [-0.05, 0) is 12.5 Å². The first-order valence-corrected chi connectivity index (χ1v) is 6.40. The molecule has 0 saturated carbocycles. The van der Waals surface area contributed by atoms with Crippen LogP contribution < -0.4 is 4.74 Å². The summed E-state index contributed by atoms with van der Waals surface area (Å²) in [7, 11) is 0. The lowest BCUT2D eigenvalue weighted by atomic mass is 10.0. The van der Waals surface area contributed by atoms with Gasteiger partial charge in [-0.3, -0.25) is 0 Å². The summed E-state index contributed by atoms with van der Waals surface area (Å²) in [5, 5.41) is 12.5. The number of oxime groups is 1. The van der Waals surface area contributed by atoms with Crippen molar-refractivity contribution >= 4 is 11.7 Å². The predicted octanol–water partition coefficient (Wildman–Crippen LogP) is 2.77. The molecule has 1 aliphatic rings. The summed E-state index contributed by atoms with van der Waals surface area (Å²) >= 11 is 0. The minimum Gasteiger partial charge on any atom is -0.493 e. The fourth-order valence-corrected chi connectivity index (χ4v) is 1.87. The lowest BCUT2D eigenvalue weighted by Crippen LogP contribution is -2.11. The van der Waals surface area contributed by atoms with Crippen LogP contribution in [0.25, 0.3) is 0 Å². The molecular formula is C14H17NO4. The second-order valence-corrected chi connectivity index (χ2v) is 4.38. The van der Waals surface area contributed by atoms with Gasteiger partial charge in [0.15, 0.2) is 11.8 Å². The number of rotatable bonds is 6. The maximum absolute atomic E-state index is 10.8. The van der Waals surface area contributed by atoms with E-state index in [1.165, 1.54) is 0 Å². The van der Waals surface area contributed by atoms with E-state index in [1.807, 2.05) is 24.3 Å². The molecule has 1 atom stereocenters. The summed E-state index contributed by atoms with van der Waals surface area (Å²) in [6.07, 6.45) is 1.94. The molecule has 1 aromatic rings. The number of hydrogen-bond donors (Lipinski definition) is 1. The van der Waals surface area contributed by atoms with Crippen molar-refractivity contribution in [2.24, 2.45) is 5.16 Å². The van der Waals surface area contributed by atoms with Crippen LogP contribution in [0.2, 0.25) is 0 Å². The van der Waals surface area contributed by atoms with Crippen LogP contribution >= 0.6 is 0 Å². The van der Waals surface area contributed by atoms with Crippen molar-refractivity contribution in [1.82, 2.24) is 0 Å². The average molecular weight is 263 g/mol. The third-order valence-electron chi connectivity index (χ3n) is 2.94. The molecule has 5 heteroatoms. The molecule has 0 aliphatic carbocycles. The fourth-order valence-electron chi connectivity index (χ4n) is 1.87. The molecule has 0 radical (unpaired) electrons. The van der Waals surface area contributed by atoms with Gasteiger partial charge in [0.1, 0.15) is 5.75 Å². The molecule has 2 rings (SSSR count). The highest BCUT2D eigenvalue weighted by Crippen LogP contribution is 2.33. The molecule has 0 aromatic heterocycles. The Bertz CT molecular complexity index is 484. The number of ether oxygens (including phenoxy) is 1. The number of carboxylic acids is 1. The molecule has 19 heavy (non-hydrogen) atoms. The van der Waals surface area contributed by atoms with E-state index in [2.05, 4.69) is 12.1 Å². The molecule has 0 fully saturated rings. The van der Waals surface area contributed by atoms with E-state index < -0.39 is 5.97 Å². The quantitative estimate of drug-likeness (QED) is 0.801. The van der Waals surface area contributed by atoms with E-state index in [-0.39, 0.29) is 18.2 Å². The number of aliphatic carboxylic acids is 1. The van der Waals surface area contributed by atoms with Crippen LogP contribution in [0.15, 0.2) is 29.4 Å². The largest absolute Gasteiger partial charge is 0.493 e. The van der Waals surface area contributed by atoms with Crippen LogP contribution in [0.3, 0.4) is 0 Å². The van der Waals surface area contributed by atoms with Gasteiger partial charge in [0.2, 0.25) is 0 Å². The fraction of sp³-hybridized carbons (Fsp3) is 0.429. The number of unbranched alkanes of at least 4 members (excludes halogenated alkanes) is 1. The summed E-state index contributed by atoms with van der Waals surface area (Å²) in [5.41, 5.74) is 0.895. The normalized spacial score (nSPS) is 17.7. The number of benzene rings is 1. The molecular weight excluding hydrogens is 246 g/mol. The molecule has 1 aliphatic heterocycles. The van der Waals surface area contributed by atoms with Gasteiger partial charge in [-0.1, -0.05) is 36.7 Å². The zero-order valence-corrected chi connectivity index (χ0v) is 10.8. The molecule has 0 saturated heterocycles. The zero-order valence-electron chi connectivity index (χ0n) is 10.8. The lowest BCUT2D eigenvalue weighted by Gasteiger charge is -2.14. The third kappa shape index (κ3) is 3.24. The second-order valence-electron chi connectivity index (χ2n) is 4.38. The number of carboxylic acid groups (broad SMARTS) is 1. The first-order chi connectivity index (χ1) is 9.22. The van der Waals surface area contributed by atoms with E-state index in [4.69, 9.17) is 14.7 Å². The monoisotopic (exact) mass is 263 g/mol. The van der Waals surface area contributed by atoms with Crippen LogP contribution in [0, 0.1) is 0 Å². The van der Waals surface area contributed by atoms with E-state index in [1.54, 1.807) is 0 Å². The number of carbonyl (C=O) groups is 1. The van der Waals surface area contributed by atoms with Gasteiger partial charge >= 0.3 is 5.97 Å². The summed E-state index contributed by atoms with van der Waals surface area (Å²) in [6, 6.07) is 7.52. The standard InChI is InChI=1S/C14H17NO4/c1-2-3-8-18-12-7-5-4-6-10(12)13-9-11(14(16)17)15-19-13/h4-7,13H,2-3,8-9H2,1H3,(H,16,17). The molecule has 1 aromatic carbocycles. The number of nitrogens with zero attached hydrogens (tertiary/aromatic N) is 1. The van der Waals surface area contributed by atoms with E-state index in [0.717, 1.165) is 24.2 Å². The summed E-state index contributed by atoms with van der Waals surface area (Å²) in [5.74, 6) is -0.297. The smallest absolute Gasteiger partial charge is 0.353 e. The van der Waals surface area contributed by atoms with Crippen LogP contribution in [0.5, 0.6) is 5.75 Å². The highest BCUT2D eigenvalue weighted by atomic mass is 16.6. The SMILES string of the molecule is CCCCOc1ccccc1C1CC(C(=O)O)=NO1. The molecule has 1 unspecified atom stereocenters. The second kappa shape index (κ2) is 6.22. The molecule has 0 amide bonds. The minimum atomic E-state index is -1.04. The van der Waals surface area contributed by atoms with Gasteiger partial charge in [-0.15, -0.1) is 0 Å². The van der Waals surface area contributed by atoms with Crippen molar-refractivity contribution in [3.8, 4) is 5.75 Å². The van der Waals surface area contributed by atoms with Gasteiger partial charge in [0.05, 0.1) is 6.61 Å². The van der Waals surface area contributed by atoms with Gasteiger partial charge < -0.3 is 14.7 Å². The Morgan fingerprint density at radius 1 is 1.53 bits per heavy atom. The molecule has 1 N–H and O–H groups in total. The van der Waals surface area contributed by atoms with E-state index in [9.17, 15) is 4.79 Å². The molecule has 5 nitrogen and oxygen atoms in total. The van der Waals surface area contributed by atoms with Gasteiger partial charge in [0.25, 0.3) is 0 Å². The topological polar surface area (TPSA) is 68.1 Å². The van der Waals surface area contributed by atoms with Crippen molar-refractivity contribution < 1.29 is 19.5 Å². The highest BCUT2D eigenvalue weighted by Gasteiger charge is 2.29. The molecule has 0 bridgehead atoms. The van der Waals surface area contributed by atoms with Crippen LogP contribution in [-0.4, -0.2) is 23.4 Å². The van der Waals surface area contributed by atoms with Crippen molar-refractivity contribution in [2.45, 2.75) is 32.3 Å². The minimum absolute atomic E-state index is 0.0494. The van der Waals surface area contributed by atoms with Crippen molar-refractivity contribution in [3.05, 3.63) is 29.8 Å². The zero-order chi connectivity index (χ0) is 13.7. The van der Waals surface area contributed by atoms with Crippen molar-refractivity contribution in [3.63, 3.8) is 0 Å². The lowest BCUT2D eigenvalue weighted by molar-refractivity contribution is -0.129. The Morgan fingerprint density at radius 2 is 2.32 bits per heavy atom. The van der Waals surface area contributed by atoms with Crippen molar-refractivity contribution in [1.29, 1.82) is 0 Å². The summed E-state index contributed by atoms with van der Waals surface area (Å²) < 4.78 is 5.71.